The number of aliphatic imine (C=N–C) groups is 1. The Morgan fingerprint density at radius 2 is 2.21 bits per heavy atom. The van der Waals surface area contributed by atoms with E-state index in [4.69, 9.17) is 5.73 Å². The van der Waals surface area contributed by atoms with Gasteiger partial charge in [0.25, 0.3) is 0 Å². The first-order valence-corrected chi connectivity index (χ1v) is 5.18. The number of nitrogens with one attached hydrogen (secondary N) is 1. The van der Waals surface area contributed by atoms with Crippen LogP contribution in [0.5, 0.6) is 0 Å². The largest absolute Gasteiger partial charge is 0.387 e. The fourth-order valence-corrected chi connectivity index (χ4v) is 0.997. The first kappa shape index (κ1) is 11.0. The molecule has 1 aliphatic rings. The van der Waals surface area contributed by atoms with Crippen molar-refractivity contribution in [2.24, 2.45) is 16.6 Å². The van der Waals surface area contributed by atoms with Crippen molar-refractivity contribution in [3.8, 4) is 0 Å². The number of amidine groups is 1. The first-order valence-electron chi connectivity index (χ1n) is 5.18. The molecule has 0 aromatic rings. The lowest BCUT2D eigenvalue weighted by molar-refractivity contribution is -0.121. The molecular weight excluding hydrogens is 178 g/mol. The van der Waals surface area contributed by atoms with Crippen LogP contribution in [0.4, 0.5) is 0 Å². The number of rotatable bonds is 5. The van der Waals surface area contributed by atoms with E-state index in [2.05, 4.69) is 10.3 Å². The standard InChI is InChI=1S/C10H19N3O/c1-7(2)10(11)12-6-5-9(14)13-8-3-4-8/h7-8H,3-6H2,1-2H3,(H2,11,12)(H,13,14). The van der Waals surface area contributed by atoms with Gasteiger partial charge in [0.1, 0.15) is 0 Å². The molecule has 3 N–H and O–H groups in total. The van der Waals surface area contributed by atoms with Gasteiger partial charge in [-0.2, -0.15) is 0 Å². The molecule has 0 radical (unpaired) electrons. The fourth-order valence-electron chi connectivity index (χ4n) is 0.997. The van der Waals surface area contributed by atoms with Crippen molar-refractivity contribution in [2.45, 2.75) is 39.2 Å². The summed E-state index contributed by atoms with van der Waals surface area (Å²) >= 11 is 0. The normalized spacial score (nSPS) is 17.2. The van der Waals surface area contributed by atoms with Gasteiger partial charge in [0.05, 0.1) is 5.84 Å². The Morgan fingerprint density at radius 1 is 1.57 bits per heavy atom. The molecular formula is C10H19N3O. The summed E-state index contributed by atoms with van der Waals surface area (Å²) < 4.78 is 0. The predicted molar refractivity (Wildman–Crippen MR) is 57.1 cm³/mol. The summed E-state index contributed by atoms with van der Waals surface area (Å²) in [6.45, 7) is 4.48. The second-order valence-corrected chi connectivity index (χ2v) is 4.05. The van der Waals surface area contributed by atoms with Crippen LogP contribution in [0.25, 0.3) is 0 Å². The highest BCUT2D eigenvalue weighted by Crippen LogP contribution is 2.18. The minimum Gasteiger partial charge on any atom is -0.387 e. The SMILES string of the molecule is CC(C)C(N)=NCCC(=O)NC1CC1. The third kappa shape index (κ3) is 4.25. The van der Waals surface area contributed by atoms with Crippen LogP contribution in [0.2, 0.25) is 0 Å². The summed E-state index contributed by atoms with van der Waals surface area (Å²) in [6, 6.07) is 0.439. The topological polar surface area (TPSA) is 67.5 Å². The van der Waals surface area contributed by atoms with Crippen LogP contribution in [0.15, 0.2) is 4.99 Å². The smallest absolute Gasteiger partial charge is 0.222 e. The molecule has 1 rings (SSSR count). The number of nitrogens with zero attached hydrogens (tertiary/aromatic N) is 1. The summed E-state index contributed by atoms with van der Waals surface area (Å²) in [5, 5.41) is 2.91. The molecule has 0 spiro atoms. The van der Waals surface area contributed by atoms with E-state index in [0.29, 0.717) is 24.8 Å². The molecule has 1 aliphatic carbocycles. The molecule has 1 saturated carbocycles. The highest BCUT2D eigenvalue weighted by atomic mass is 16.1. The molecule has 0 unspecified atom stereocenters. The van der Waals surface area contributed by atoms with Crippen LogP contribution in [-0.4, -0.2) is 24.3 Å². The van der Waals surface area contributed by atoms with Crippen LogP contribution < -0.4 is 11.1 Å². The molecule has 1 amide bonds. The third-order valence-corrected chi connectivity index (χ3v) is 2.17. The number of carbonyl (C=O) groups is 1. The van der Waals surface area contributed by atoms with Crippen LogP contribution >= 0.6 is 0 Å². The third-order valence-electron chi connectivity index (χ3n) is 2.17. The summed E-state index contributed by atoms with van der Waals surface area (Å²) in [5.74, 6) is 0.985. The quantitative estimate of drug-likeness (QED) is 0.502. The fraction of sp³-hybridized carbons (Fsp3) is 0.800. The second-order valence-electron chi connectivity index (χ2n) is 4.05. The van der Waals surface area contributed by atoms with Gasteiger partial charge in [-0.25, -0.2) is 0 Å². The van der Waals surface area contributed by atoms with Crippen LogP contribution in [0, 0.1) is 5.92 Å². The van der Waals surface area contributed by atoms with Gasteiger partial charge in [0, 0.05) is 24.9 Å². The molecule has 0 bridgehead atoms. The Labute approximate surface area is 85.0 Å². The van der Waals surface area contributed by atoms with E-state index < -0.39 is 0 Å². The van der Waals surface area contributed by atoms with Gasteiger partial charge in [-0.1, -0.05) is 13.8 Å². The molecule has 4 heteroatoms. The van der Waals surface area contributed by atoms with Crippen molar-refractivity contribution in [1.82, 2.24) is 5.32 Å². The summed E-state index contributed by atoms with van der Waals surface area (Å²) in [4.78, 5) is 15.3. The maximum absolute atomic E-state index is 11.2. The lowest BCUT2D eigenvalue weighted by Crippen LogP contribution is -2.26. The van der Waals surface area contributed by atoms with Crippen molar-refractivity contribution in [3.05, 3.63) is 0 Å². The molecule has 4 nitrogen and oxygen atoms in total. The van der Waals surface area contributed by atoms with Crippen molar-refractivity contribution in [3.63, 3.8) is 0 Å². The molecule has 0 aromatic carbocycles. The second kappa shape index (κ2) is 4.98. The molecule has 0 saturated heterocycles. The van der Waals surface area contributed by atoms with E-state index in [1.54, 1.807) is 0 Å². The average molecular weight is 197 g/mol. The average Bonchev–Trinajstić information content (AvgIpc) is 2.87. The van der Waals surface area contributed by atoms with E-state index in [1.165, 1.54) is 0 Å². The van der Waals surface area contributed by atoms with Gasteiger partial charge >= 0.3 is 0 Å². The van der Waals surface area contributed by atoms with E-state index in [9.17, 15) is 4.79 Å². The van der Waals surface area contributed by atoms with Gasteiger partial charge in [0.15, 0.2) is 0 Å². The predicted octanol–water partition coefficient (Wildman–Crippen LogP) is 0.668. The Kier molecular flexibility index (Phi) is 3.92. The first-order chi connectivity index (χ1) is 6.59. The summed E-state index contributed by atoms with van der Waals surface area (Å²) in [5.41, 5.74) is 5.63. The molecule has 14 heavy (non-hydrogen) atoms. The highest BCUT2D eigenvalue weighted by Gasteiger charge is 2.22. The minimum absolute atomic E-state index is 0.0906. The van der Waals surface area contributed by atoms with Gasteiger partial charge in [-0.3, -0.25) is 9.79 Å². The lowest BCUT2D eigenvalue weighted by atomic mass is 10.2. The number of amides is 1. The van der Waals surface area contributed by atoms with Gasteiger partial charge in [-0.15, -0.1) is 0 Å². The Morgan fingerprint density at radius 3 is 2.71 bits per heavy atom. The van der Waals surface area contributed by atoms with Gasteiger partial charge < -0.3 is 11.1 Å². The van der Waals surface area contributed by atoms with Crippen molar-refractivity contribution >= 4 is 11.7 Å². The van der Waals surface area contributed by atoms with Crippen molar-refractivity contribution in [1.29, 1.82) is 0 Å². The molecule has 0 atom stereocenters. The molecule has 0 aromatic heterocycles. The van der Waals surface area contributed by atoms with Gasteiger partial charge in [-0.05, 0) is 12.8 Å². The zero-order chi connectivity index (χ0) is 10.6. The number of hydrogen-bond acceptors (Lipinski definition) is 2. The van der Waals surface area contributed by atoms with Gasteiger partial charge in [0.2, 0.25) is 5.91 Å². The monoisotopic (exact) mass is 197 g/mol. The number of nitrogens with two attached hydrogens (primary N) is 1. The number of hydrogen-bond donors (Lipinski definition) is 2. The summed E-state index contributed by atoms with van der Waals surface area (Å²) in [7, 11) is 0. The molecule has 0 heterocycles. The highest BCUT2D eigenvalue weighted by molar-refractivity contribution is 5.82. The van der Waals surface area contributed by atoms with E-state index in [0.717, 1.165) is 12.8 Å². The zero-order valence-electron chi connectivity index (χ0n) is 8.92. The Bertz CT molecular complexity index is 232. The van der Waals surface area contributed by atoms with Crippen LogP contribution in [0.3, 0.4) is 0 Å². The maximum atomic E-state index is 11.2. The minimum atomic E-state index is 0.0906. The molecule has 0 aliphatic heterocycles. The van der Waals surface area contributed by atoms with E-state index in [-0.39, 0.29) is 11.8 Å². The Balaban J connectivity index is 2.12. The van der Waals surface area contributed by atoms with Crippen LogP contribution in [0.1, 0.15) is 33.1 Å². The molecule has 1 fully saturated rings. The number of carbonyl (C=O) groups excluding carboxylic acids is 1. The van der Waals surface area contributed by atoms with Crippen molar-refractivity contribution in [2.75, 3.05) is 6.54 Å². The van der Waals surface area contributed by atoms with E-state index in [1.807, 2.05) is 13.8 Å². The lowest BCUT2D eigenvalue weighted by Gasteiger charge is -2.04. The molecule has 80 valence electrons. The zero-order valence-corrected chi connectivity index (χ0v) is 8.92. The summed E-state index contributed by atoms with van der Waals surface area (Å²) in [6.07, 6.45) is 2.70. The van der Waals surface area contributed by atoms with Crippen LogP contribution in [-0.2, 0) is 4.79 Å². The Hall–Kier alpha value is -1.06. The van der Waals surface area contributed by atoms with E-state index >= 15 is 0 Å². The maximum Gasteiger partial charge on any atom is 0.222 e. The van der Waals surface area contributed by atoms with Crippen molar-refractivity contribution < 1.29 is 4.79 Å².